The summed E-state index contributed by atoms with van der Waals surface area (Å²) >= 11 is 0. The number of nitriles is 1. The maximum atomic E-state index is 11.5. The van der Waals surface area contributed by atoms with Crippen LogP contribution in [-0.2, 0) is 9.53 Å². The molecule has 0 heterocycles. The van der Waals surface area contributed by atoms with Gasteiger partial charge in [0.05, 0.1) is 12.7 Å². The van der Waals surface area contributed by atoms with Crippen LogP contribution < -0.4 is 0 Å². The molecule has 3 heteroatoms. The molecule has 0 spiro atoms. The average Bonchev–Trinajstić information content (AvgIpc) is 2.30. The lowest BCUT2D eigenvalue weighted by molar-refractivity contribution is -0.146. The second-order valence-corrected chi connectivity index (χ2v) is 4.09. The first-order valence-corrected chi connectivity index (χ1v) is 6.25. The van der Waals surface area contributed by atoms with Crippen molar-refractivity contribution in [3.63, 3.8) is 0 Å². The van der Waals surface area contributed by atoms with E-state index in [2.05, 4.69) is 19.9 Å². The van der Waals surface area contributed by atoms with Crippen LogP contribution in [0.25, 0.3) is 0 Å². The van der Waals surface area contributed by atoms with Gasteiger partial charge in [0, 0.05) is 0 Å². The molecule has 0 radical (unpaired) electrons. The Bertz CT molecular complexity index is 233. The number of unbranched alkanes of at least 4 members (excludes halogenated alkanes) is 1. The molecule has 2 atom stereocenters. The quantitative estimate of drug-likeness (QED) is 0.595. The van der Waals surface area contributed by atoms with Crippen LogP contribution in [0.1, 0.15) is 52.9 Å². The summed E-state index contributed by atoms with van der Waals surface area (Å²) < 4.78 is 4.88. The topological polar surface area (TPSA) is 50.1 Å². The zero-order chi connectivity index (χ0) is 12.4. The SMILES string of the molecule is CCCCC(CC)CC(C#N)C(=O)OCC. The van der Waals surface area contributed by atoms with E-state index in [1.807, 2.05) is 0 Å². The summed E-state index contributed by atoms with van der Waals surface area (Å²) in [5.74, 6) is -0.476. The molecule has 0 N–H and O–H groups in total. The summed E-state index contributed by atoms with van der Waals surface area (Å²) in [6, 6.07) is 2.05. The minimum Gasteiger partial charge on any atom is -0.465 e. The minimum atomic E-state index is -0.582. The van der Waals surface area contributed by atoms with Crippen LogP contribution in [0.15, 0.2) is 0 Å². The van der Waals surface area contributed by atoms with Gasteiger partial charge >= 0.3 is 5.97 Å². The molecule has 0 rings (SSSR count). The van der Waals surface area contributed by atoms with Crippen LogP contribution >= 0.6 is 0 Å². The fourth-order valence-electron chi connectivity index (χ4n) is 1.76. The van der Waals surface area contributed by atoms with Crippen molar-refractivity contribution in [2.24, 2.45) is 11.8 Å². The number of rotatable bonds is 8. The predicted octanol–water partition coefficient (Wildman–Crippen LogP) is 3.30. The van der Waals surface area contributed by atoms with E-state index in [0.717, 1.165) is 19.3 Å². The summed E-state index contributed by atoms with van der Waals surface area (Å²) in [7, 11) is 0. The van der Waals surface area contributed by atoms with Gasteiger partial charge in [-0.2, -0.15) is 5.26 Å². The predicted molar refractivity (Wildman–Crippen MR) is 63.7 cm³/mol. The number of ether oxygens (including phenoxy) is 1. The fraction of sp³-hybridized carbons (Fsp3) is 0.846. The molecule has 16 heavy (non-hydrogen) atoms. The van der Waals surface area contributed by atoms with Crippen LogP contribution in [0, 0.1) is 23.2 Å². The molecule has 0 aromatic rings. The lowest BCUT2D eigenvalue weighted by atomic mass is 9.89. The number of carbonyl (C=O) groups is 1. The molecule has 2 unspecified atom stereocenters. The summed E-state index contributed by atoms with van der Waals surface area (Å²) in [6.07, 6.45) is 5.10. The fourth-order valence-corrected chi connectivity index (χ4v) is 1.76. The molecule has 0 aromatic heterocycles. The highest BCUT2D eigenvalue weighted by Gasteiger charge is 2.22. The van der Waals surface area contributed by atoms with E-state index >= 15 is 0 Å². The maximum Gasteiger partial charge on any atom is 0.323 e. The highest BCUT2D eigenvalue weighted by molar-refractivity contribution is 5.75. The van der Waals surface area contributed by atoms with Crippen molar-refractivity contribution < 1.29 is 9.53 Å². The highest BCUT2D eigenvalue weighted by Crippen LogP contribution is 2.22. The lowest BCUT2D eigenvalue weighted by Gasteiger charge is -2.16. The van der Waals surface area contributed by atoms with E-state index in [1.165, 1.54) is 6.42 Å². The largest absolute Gasteiger partial charge is 0.465 e. The van der Waals surface area contributed by atoms with Gasteiger partial charge in [-0.1, -0.05) is 39.5 Å². The highest BCUT2D eigenvalue weighted by atomic mass is 16.5. The minimum absolute atomic E-state index is 0.350. The molecule has 0 aliphatic heterocycles. The molecule has 0 aliphatic carbocycles. The maximum absolute atomic E-state index is 11.5. The van der Waals surface area contributed by atoms with Gasteiger partial charge in [-0.25, -0.2) is 0 Å². The van der Waals surface area contributed by atoms with E-state index in [1.54, 1.807) is 6.92 Å². The summed E-state index contributed by atoms with van der Waals surface area (Å²) in [6.45, 7) is 6.38. The average molecular weight is 225 g/mol. The Balaban J connectivity index is 4.17. The Morgan fingerprint density at radius 3 is 2.50 bits per heavy atom. The van der Waals surface area contributed by atoms with Gasteiger partial charge in [0.2, 0.25) is 0 Å². The number of hydrogen-bond acceptors (Lipinski definition) is 3. The van der Waals surface area contributed by atoms with Gasteiger partial charge in [0.1, 0.15) is 5.92 Å². The van der Waals surface area contributed by atoms with Crippen LogP contribution in [0.3, 0.4) is 0 Å². The molecule has 0 aromatic carbocycles. The van der Waals surface area contributed by atoms with Gasteiger partial charge in [-0.05, 0) is 19.3 Å². The van der Waals surface area contributed by atoms with Crippen molar-refractivity contribution in [3.05, 3.63) is 0 Å². The van der Waals surface area contributed by atoms with Crippen molar-refractivity contribution in [1.29, 1.82) is 5.26 Å². The van der Waals surface area contributed by atoms with Crippen molar-refractivity contribution >= 4 is 5.97 Å². The zero-order valence-electron chi connectivity index (χ0n) is 10.7. The third kappa shape index (κ3) is 5.75. The van der Waals surface area contributed by atoms with E-state index in [4.69, 9.17) is 10.00 Å². The Morgan fingerprint density at radius 2 is 2.06 bits per heavy atom. The molecule has 0 saturated carbocycles. The smallest absolute Gasteiger partial charge is 0.323 e. The number of esters is 1. The molecule has 3 nitrogen and oxygen atoms in total. The van der Waals surface area contributed by atoms with Gasteiger partial charge in [-0.15, -0.1) is 0 Å². The van der Waals surface area contributed by atoms with E-state index in [9.17, 15) is 4.79 Å². The molecular weight excluding hydrogens is 202 g/mol. The van der Waals surface area contributed by atoms with Crippen molar-refractivity contribution in [2.75, 3.05) is 6.61 Å². The lowest BCUT2D eigenvalue weighted by Crippen LogP contribution is -2.19. The van der Waals surface area contributed by atoms with E-state index in [0.29, 0.717) is 18.9 Å². The molecule has 0 aliphatic rings. The summed E-state index contributed by atoms with van der Waals surface area (Å²) in [5.41, 5.74) is 0. The first-order valence-electron chi connectivity index (χ1n) is 6.25. The van der Waals surface area contributed by atoms with E-state index in [-0.39, 0.29) is 5.97 Å². The second-order valence-electron chi connectivity index (χ2n) is 4.09. The first-order chi connectivity index (χ1) is 7.69. The first kappa shape index (κ1) is 15.0. The van der Waals surface area contributed by atoms with Crippen molar-refractivity contribution in [2.45, 2.75) is 52.9 Å². The van der Waals surface area contributed by atoms with Crippen LogP contribution in [0.2, 0.25) is 0 Å². The van der Waals surface area contributed by atoms with Gasteiger partial charge in [-0.3, -0.25) is 4.79 Å². The Hall–Kier alpha value is -1.04. The van der Waals surface area contributed by atoms with E-state index < -0.39 is 5.92 Å². The zero-order valence-corrected chi connectivity index (χ0v) is 10.7. The molecule has 92 valence electrons. The molecule has 0 bridgehead atoms. The molecular formula is C13H23NO2. The molecule has 0 amide bonds. The monoisotopic (exact) mass is 225 g/mol. The van der Waals surface area contributed by atoms with Crippen LogP contribution in [0.4, 0.5) is 0 Å². The van der Waals surface area contributed by atoms with Crippen LogP contribution in [0.5, 0.6) is 0 Å². The number of carbonyl (C=O) groups excluding carboxylic acids is 1. The van der Waals surface area contributed by atoms with Crippen LogP contribution in [-0.4, -0.2) is 12.6 Å². The Labute approximate surface area is 98.8 Å². The molecule has 0 fully saturated rings. The van der Waals surface area contributed by atoms with Gasteiger partial charge < -0.3 is 4.74 Å². The summed E-state index contributed by atoms with van der Waals surface area (Å²) in [4.78, 5) is 11.5. The second kappa shape index (κ2) is 9.21. The Morgan fingerprint density at radius 1 is 1.38 bits per heavy atom. The number of hydrogen-bond donors (Lipinski definition) is 0. The van der Waals surface area contributed by atoms with Crippen molar-refractivity contribution in [1.82, 2.24) is 0 Å². The van der Waals surface area contributed by atoms with Gasteiger partial charge in [0.25, 0.3) is 0 Å². The standard InChI is InChI=1S/C13H23NO2/c1-4-7-8-11(5-2)9-12(10-14)13(15)16-6-3/h11-12H,4-9H2,1-3H3. The third-order valence-corrected chi connectivity index (χ3v) is 2.84. The third-order valence-electron chi connectivity index (χ3n) is 2.84. The number of nitrogens with zero attached hydrogens (tertiary/aromatic N) is 1. The normalized spacial score (nSPS) is 13.9. The summed E-state index contributed by atoms with van der Waals surface area (Å²) in [5, 5.41) is 8.94. The Kier molecular flexibility index (Phi) is 8.61. The van der Waals surface area contributed by atoms with Gasteiger partial charge in [0.15, 0.2) is 0 Å². The van der Waals surface area contributed by atoms with Crippen molar-refractivity contribution in [3.8, 4) is 6.07 Å². The molecule has 0 saturated heterocycles.